The van der Waals surface area contributed by atoms with E-state index >= 15 is 0 Å². The Morgan fingerprint density at radius 3 is 2.43 bits per heavy atom. The first-order valence-electron chi connectivity index (χ1n) is 19.1. The molecule has 7 rings (SSSR count). The highest BCUT2D eigenvalue weighted by molar-refractivity contribution is 5.51. The molecule has 0 N–H and O–H groups in total. The molecule has 2 fully saturated rings. The van der Waals surface area contributed by atoms with Gasteiger partial charge in [-0.25, -0.2) is 32.5 Å². The highest BCUT2D eigenvalue weighted by Crippen LogP contribution is 2.42. The average molecular weight is 742 g/mol. The van der Waals surface area contributed by atoms with E-state index in [-0.39, 0.29) is 23.3 Å². The van der Waals surface area contributed by atoms with Crippen LogP contribution in [0.5, 0.6) is 0 Å². The molecular weight excluding hydrogens is 689 g/mol. The summed E-state index contributed by atoms with van der Waals surface area (Å²) >= 11 is 0. The Kier molecular flexibility index (Phi) is 12.7. The second-order valence-corrected chi connectivity index (χ2v) is 15.7. The van der Waals surface area contributed by atoms with Gasteiger partial charge in [0.25, 0.3) is 0 Å². The van der Waals surface area contributed by atoms with Crippen LogP contribution >= 0.6 is 0 Å². The van der Waals surface area contributed by atoms with Gasteiger partial charge in [0.05, 0.1) is 31.0 Å². The number of aryl methyl sites for hydroxylation is 1. The van der Waals surface area contributed by atoms with Crippen LogP contribution in [0.2, 0.25) is 0 Å². The zero-order valence-corrected chi connectivity index (χ0v) is 31.9. The van der Waals surface area contributed by atoms with Gasteiger partial charge in [0, 0.05) is 37.0 Å². The summed E-state index contributed by atoms with van der Waals surface area (Å²) in [5, 5.41) is 8.41. The van der Waals surface area contributed by atoms with E-state index in [9.17, 15) is 13.6 Å². The van der Waals surface area contributed by atoms with E-state index in [1.165, 1.54) is 49.8 Å². The molecular formula is C42H53F2N7O3. The van der Waals surface area contributed by atoms with Gasteiger partial charge in [0.1, 0.15) is 36.2 Å². The smallest absolute Gasteiger partial charge is 0.350 e. The molecule has 54 heavy (non-hydrogen) atoms. The molecule has 0 radical (unpaired) electrons. The van der Waals surface area contributed by atoms with Crippen LogP contribution in [0.25, 0.3) is 5.69 Å². The van der Waals surface area contributed by atoms with Crippen molar-refractivity contribution in [1.29, 1.82) is 0 Å². The first-order chi connectivity index (χ1) is 26.0. The van der Waals surface area contributed by atoms with Crippen molar-refractivity contribution in [2.75, 3.05) is 24.6 Å². The minimum absolute atomic E-state index is 0.0632. The van der Waals surface area contributed by atoms with Crippen LogP contribution in [0, 0.1) is 17.0 Å². The van der Waals surface area contributed by atoms with Crippen LogP contribution < -0.4 is 10.6 Å². The van der Waals surface area contributed by atoms with E-state index in [0.717, 1.165) is 36.8 Å². The van der Waals surface area contributed by atoms with E-state index in [2.05, 4.69) is 53.0 Å². The lowest BCUT2D eigenvalue weighted by atomic mass is 9.90. The van der Waals surface area contributed by atoms with Gasteiger partial charge in [0.15, 0.2) is 0 Å². The molecule has 2 aromatic heterocycles. The molecule has 1 aliphatic carbocycles. The van der Waals surface area contributed by atoms with E-state index in [0.29, 0.717) is 38.1 Å². The number of ether oxygens (including phenoxy) is 2. The molecule has 3 aliphatic rings. The van der Waals surface area contributed by atoms with Gasteiger partial charge >= 0.3 is 5.69 Å². The Morgan fingerprint density at radius 1 is 0.963 bits per heavy atom. The Bertz CT molecular complexity index is 1950. The van der Waals surface area contributed by atoms with Crippen molar-refractivity contribution in [1.82, 2.24) is 29.1 Å². The summed E-state index contributed by atoms with van der Waals surface area (Å²) in [6, 6.07) is 11.9. The second-order valence-electron chi connectivity index (χ2n) is 15.7. The average Bonchev–Trinajstić information content (AvgIpc) is 3.79. The van der Waals surface area contributed by atoms with E-state index in [1.807, 2.05) is 49.4 Å². The monoisotopic (exact) mass is 741 g/mol. The van der Waals surface area contributed by atoms with Crippen molar-refractivity contribution in [3.05, 3.63) is 125 Å². The molecule has 2 aliphatic heterocycles. The molecule has 2 saturated heterocycles. The lowest BCUT2D eigenvalue weighted by molar-refractivity contribution is -0.0896. The maximum absolute atomic E-state index is 14.6. The third-order valence-electron chi connectivity index (χ3n) is 10.2. The van der Waals surface area contributed by atoms with Crippen LogP contribution in [0.4, 0.5) is 14.5 Å². The zero-order valence-electron chi connectivity index (χ0n) is 31.9. The third-order valence-corrected chi connectivity index (χ3v) is 10.2. The van der Waals surface area contributed by atoms with Gasteiger partial charge in [-0.15, -0.1) is 0 Å². The first-order valence-corrected chi connectivity index (χ1v) is 19.1. The van der Waals surface area contributed by atoms with E-state index < -0.39 is 17.2 Å². The topological polar surface area (TPSA) is 92.2 Å². The third kappa shape index (κ3) is 10.3. The number of aromatic nitrogens is 6. The molecule has 3 atom stereocenters. The molecule has 4 aromatic rings. The van der Waals surface area contributed by atoms with Gasteiger partial charge in [-0.2, -0.15) is 10.2 Å². The van der Waals surface area contributed by atoms with Gasteiger partial charge in [-0.05, 0) is 74.8 Å². The minimum Gasteiger partial charge on any atom is -0.372 e. The lowest BCUT2D eigenvalue weighted by Crippen LogP contribution is -2.34. The highest BCUT2D eigenvalue weighted by atomic mass is 19.1. The quantitative estimate of drug-likeness (QED) is 0.163. The van der Waals surface area contributed by atoms with Gasteiger partial charge < -0.3 is 14.4 Å². The number of benzene rings is 2. The summed E-state index contributed by atoms with van der Waals surface area (Å²) in [7, 11) is 0. The van der Waals surface area contributed by atoms with Gasteiger partial charge in [0.2, 0.25) is 0 Å². The predicted molar refractivity (Wildman–Crippen MR) is 207 cm³/mol. The predicted octanol–water partition coefficient (Wildman–Crippen LogP) is 7.94. The first kappa shape index (κ1) is 39.0. The van der Waals surface area contributed by atoms with Crippen molar-refractivity contribution in [3.8, 4) is 5.69 Å². The fourth-order valence-electron chi connectivity index (χ4n) is 7.06. The second kappa shape index (κ2) is 17.6. The molecule has 0 spiro atoms. The number of halogens is 2. The molecule has 0 saturated carbocycles. The van der Waals surface area contributed by atoms with Crippen LogP contribution in [-0.4, -0.2) is 61.0 Å². The fourth-order valence-corrected chi connectivity index (χ4v) is 7.06. The van der Waals surface area contributed by atoms with Crippen molar-refractivity contribution in [2.24, 2.45) is 5.41 Å². The van der Waals surface area contributed by atoms with Crippen molar-refractivity contribution in [2.45, 2.75) is 104 Å². The Balaban J connectivity index is 0.000000186. The largest absolute Gasteiger partial charge is 0.372 e. The van der Waals surface area contributed by atoms with Crippen LogP contribution in [0.1, 0.15) is 78.2 Å². The molecule has 10 nitrogen and oxygen atoms in total. The number of nitrogens with zero attached hydrogens (tertiary/aromatic N) is 7. The summed E-state index contributed by atoms with van der Waals surface area (Å²) in [6.45, 7) is 12.1. The molecule has 0 bridgehead atoms. The number of hydrogen-bond donors (Lipinski definition) is 0. The maximum atomic E-state index is 14.6. The maximum Gasteiger partial charge on any atom is 0.350 e. The molecule has 288 valence electrons. The molecule has 4 heterocycles. The highest BCUT2D eigenvalue weighted by Gasteiger charge is 2.44. The van der Waals surface area contributed by atoms with Crippen LogP contribution in [0.15, 0.2) is 102 Å². The Hall–Kier alpha value is -4.68. The summed E-state index contributed by atoms with van der Waals surface area (Å²) in [6.07, 6.45) is 21.6. The Morgan fingerprint density at radius 2 is 1.72 bits per heavy atom. The Labute approximate surface area is 316 Å². The number of allylic oxidation sites excluding steroid dienone is 4. The van der Waals surface area contributed by atoms with Crippen LogP contribution in [0.3, 0.4) is 0 Å². The lowest BCUT2D eigenvalue weighted by Gasteiger charge is -2.30. The zero-order chi connectivity index (χ0) is 38.1. The number of hydrogen-bond acceptors (Lipinski definition) is 7. The van der Waals surface area contributed by atoms with E-state index in [1.54, 1.807) is 26.6 Å². The minimum atomic E-state index is -0.952. The molecule has 2 aromatic carbocycles. The normalized spacial score (nSPS) is 21.7. The standard InChI is InChI=1S/C22H23F2N3O2.C20H30N4O/c1-16-3-2-4-18(7-5-16)28-12-19-9-10-22(29-19,13-27-15-25-14-26-27)20-8-6-17(23)11-21(20)24;1-20(2,3)12-15-24-19(25)23(16-21-24)18-10-8-17(9-11-18)22-13-6-4-5-7-14-22/h2-8,11,14-15,18-19H,9-10,12-13H2,1H3;8-11,16H,4-7,12-15H2,1-3H3. The van der Waals surface area contributed by atoms with E-state index in [4.69, 9.17) is 9.47 Å². The summed E-state index contributed by atoms with van der Waals surface area (Å²) in [4.78, 5) is 19.0. The van der Waals surface area contributed by atoms with Crippen LogP contribution in [-0.2, 0) is 28.2 Å². The fraction of sp³-hybridized carbons (Fsp3) is 0.476. The molecule has 12 heteroatoms. The number of anilines is 1. The molecule has 3 unspecified atom stereocenters. The summed E-state index contributed by atoms with van der Waals surface area (Å²) < 4.78 is 45.2. The molecule has 0 amide bonds. The SMILES string of the molecule is CC(C)(C)CCn1ncn(-c2ccc(N3CCCCCC3)cc2)c1=O.CC1=CC=CC(OCC2CCC(Cn3cncn3)(c3ccc(F)cc3F)O2)C=C1. The van der Waals surface area contributed by atoms with Crippen molar-refractivity contribution >= 4 is 5.69 Å². The van der Waals surface area contributed by atoms with Gasteiger partial charge in [-0.1, -0.05) is 75.6 Å². The summed E-state index contributed by atoms with van der Waals surface area (Å²) in [5.74, 6) is -1.24. The van der Waals surface area contributed by atoms with Crippen molar-refractivity contribution < 1.29 is 18.3 Å². The van der Waals surface area contributed by atoms with Gasteiger partial charge in [-0.3, -0.25) is 0 Å². The summed E-state index contributed by atoms with van der Waals surface area (Å²) in [5.41, 5.74) is 2.79. The van der Waals surface area contributed by atoms with Crippen molar-refractivity contribution in [3.63, 3.8) is 0 Å². The number of rotatable bonds is 10.